The van der Waals surface area contributed by atoms with Gasteiger partial charge in [-0.15, -0.1) is 0 Å². The van der Waals surface area contributed by atoms with E-state index in [2.05, 4.69) is 20.7 Å². The van der Waals surface area contributed by atoms with Crippen LogP contribution in [0.4, 0.5) is 5.69 Å². The van der Waals surface area contributed by atoms with Crippen molar-refractivity contribution < 1.29 is 9.72 Å². The number of hydrazone groups is 1. The highest BCUT2D eigenvalue weighted by atomic mass is 16.6. The summed E-state index contributed by atoms with van der Waals surface area (Å²) >= 11 is 0. The fourth-order valence-corrected chi connectivity index (χ4v) is 3.30. The molecule has 0 unspecified atom stereocenters. The summed E-state index contributed by atoms with van der Waals surface area (Å²) in [6.45, 7) is 0. The van der Waals surface area contributed by atoms with Crippen LogP contribution in [0.15, 0.2) is 94.8 Å². The molecule has 9 heteroatoms. The van der Waals surface area contributed by atoms with Gasteiger partial charge in [0, 0.05) is 28.8 Å². The molecule has 0 saturated carbocycles. The third kappa shape index (κ3) is 4.72. The maximum absolute atomic E-state index is 13.0. The van der Waals surface area contributed by atoms with E-state index < -0.39 is 16.4 Å². The van der Waals surface area contributed by atoms with Gasteiger partial charge in [0.15, 0.2) is 0 Å². The highest BCUT2D eigenvalue weighted by Gasteiger charge is 2.22. The van der Waals surface area contributed by atoms with Crippen molar-refractivity contribution in [1.29, 1.82) is 0 Å². The minimum atomic E-state index is -0.739. The van der Waals surface area contributed by atoms with Gasteiger partial charge in [-0.1, -0.05) is 72.8 Å². The van der Waals surface area contributed by atoms with E-state index in [9.17, 15) is 19.7 Å². The van der Waals surface area contributed by atoms with Crippen molar-refractivity contribution in [2.24, 2.45) is 5.10 Å². The van der Waals surface area contributed by atoms with Gasteiger partial charge in [0.05, 0.1) is 16.8 Å². The van der Waals surface area contributed by atoms with Crippen molar-refractivity contribution in [2.45, 2.75) is 0 Å². The molecule has 2 N–H and O–H groups in total. The molecule has 1 aromatic heterocycles. The summed E-state index contributed by atoms with van der Waals surface area (Å²) in [6, 6.07) is 24.0. The average Bonchev–Trinajstić information content (AvgIpc) is 2.85. The lowest BCUT2D eigenvalue weighted by Gasteiger charge is -2.12. The Bertz CT molecular complexity index is 1400. The normalized spacial score (nSPS) is 10.8. The number of rotatable bonds is 6. The van der Waals surface area contributed by atoms with E-state index in [4.69, 9.17) is 0 Å². The Morgan fingerprint density at radius 3 is 2.30 bits per heavy atom. The van der Waals surface area contributed by atoms with Crippen LogP contribution in [0.3, 0.4) is 0 Å². The van der Waals surface area contributed by atoms with E-state index in [1.165, 1.54) is 24.4 Å². The number of aromatic nitrogens is 2. The van der Waals surface area contributed by atoms with Crippen LogP contribution in [-0.4, -0.2) is 27.2 Å². The molecule has 3 aromatic carbocycles. The van der Waals surface area contributed by atoms with Crippen molar-refractivity contribution in [3.63, 3.8) is 0 Å². The molecule has 9 nitrogen and oxygen atoms in total. The van der Waals surface area contributed by atoms with E-state index >= 15 is 0 Å². The molecular weight excluding hydrogens is 422 g/mol. The van der Waals surface area contributed by atoms with Gasteiger partial charge < -0.3 is 0 Å². The Labute approximate surface area is 187 Å². The first-order valence-corrected chi connectivity index (χ1v) is 9.86. The highest BCUT2D eigenvalue weighted by molar-refractivity contribution is 6.03. The summed E-state index contributed by atoms with van der Waals surface area (Å²) < 4.78 is 0. The molecule has 0 radical (unpaired) electrons. The van der Waals surface area contributed by atoms with E-state index in [1.54, 1.807) is 30.3 Å². The van der Waals surface area contributed by atoms with Crippen LogP contribution >= 0.6 is 0 Å². The monoisotopic (exact) mass is 439 g/mol. The van der Waals surface area contributed by atoms with Gasteiger partial charge in [-0.05, 0) is 5.56 Å². The van der Waals surface area contributed by atoms with Crippen LogP contribution in [0.1, 0.15) is 15.9 Å². The molecule has 0 atom stereocenters. The summed E-state index contributed by atoms with van der Waals surface area (Å²) in [6.07, 6.45) is 1.26. The molecule has 0 aliphatic carbocycles. The Kier molecular flexibility index (Phi) is 6.12. The van der Waals surface area contributed by atoms with Crippen molar-refractivity contribution in [3.05, 3.63) is 117 Å². The predicted molar refractivity (Wildman–Crippen MR) is 124 cm³/mol. The zero-order valence-corrected chi connectivity index (χ0v) is 17.1. The first-order chi connectivity index (χ1) is 16.0. The number of nitro groups is 1. The Morgan fingerprint density at radius 1 is 0.970 bits per heavy atom. The number of H-pyrrole nitrogens is 1. The lowest BCUT2D eigenvalue weighted by molar-refractivity contribution is -0.384. The number of hydrogen-bond acceptors (Lipinski definition) is 6. The smallest absolute Gasteiger partial charge is 0.267 e. The fraction of sp³-hybridized carbons (Fsp3) is 0. The molecule has 4 rings (SSSR count). The molecule has 4 aromatic rings. The SMILES string of the molecule is O=C(N/N=C/c1cccc([N+](=O)[O-])c1)c1c(-c2ccccc2)c(-c2ccccc2)n[nH]c1=O. The number of aromatic amines is 1. The molecule has 0 spiro atoms. The molecule has 1 amide bonds. The number of nitrogens with one attached hydrogen (secondary N) is 2. The van der Waals surface area contributed by atoms with Gasteiger partial charge in [-0.3, -0.25) is 19.7 Å². The predicted octanol–water partition coefficient (Wildman–Crippen LogP) is 3.78. The van der Waals surface area contributed by atoms with Crippen LogP contribution < -0.4 is 11.0 Å². The van der Waals surface area contributed by atoms with Gasteiger partial charge in [-0.2, -0.15) is 10.2 Å². The molecule has 0 saturated heterocycles. The lowest BCUT2D eigenvalue weighted by Crippen LogP contribution is -2.28. The van der Waals surface area contributed by atoms with Gasteiger partial charge in [-0.25, -0.2) is 10.5 Å². The quantitative estimate of drug-likeness (QED) is 0.268. The highest BCUT2D eigenvalue weighted by Crippen LogP contribution is 2.31. The standard InChI is InChI=1S/C24H17N5O4/c30-23(27-25-15-16-8-7-13-19(14-16)29(32)33)21-20(17-9-3-1-4-10-17)22(26-28-24(21)31)18-11-5-2-6-12-18/h1-15H,(H,27,30)(H,28,31)/b25-15+. The molecule has 0 bridgehead atoms. The third-order valence-electron chi connectivity index (χ3n) is 4.78. The number of amides is 1. The number of nitro benzene ring substituents is 1. The van der Waals surface area contributed by atoms with E-state index in [-0.39, 0.29) is 11.3 Å². The summed E-state index contributed by atoms with van der Waals surface area (Å²) in [7, 11) is 0. The first kappa shape index (κ1) is 21.3. The second-order valence-corrected chi connectivity index (χ2v) is 6.93. The van der Waals surface area contributed by atoms with Crippen LogP contribution in [0.5, 0.6) is 0 Å². The molecule has 162 valence electrons. The largest absolute Gasteiger partial charge is 0.277 e. The number of hydrogen-bond donors (Lipinski definition) is 2. The molecule has 0 aliphatic rings. The van der Waals surface area contributed by atoms with E-state index in [0.717, 1.165) is 5.56 Å². The number of benzene rings is 3. The van der Waals surface area contributed by atoms with Gasteiger partial charge in [0.1, 0.15) is 5.56 Å². The minimum absolute atomic E-state index is 0.102. The van der Waals surface area contributed by atoms with Crippen molar-refractivity contribution >= 4 is 17.8 Å². The zero-order chi connectivity index (χ0) is 23.2. The Hall–Kier alpha value is -4.92. The number of non-ortho nitro benzene ring substituents is 1. The maximum Gasteiger partial charge on any atom is 0.277 e. The molecule has 33 heavy (non-hydrogen) atoms. The van der Waals surface area contributed by atoms with Crippen LogP contribution in [0, 0.1) is 10.1 Å². The van der Waals surface area contributed by atoms with Crippen LogP contribution in [-0.2, 0) is 0 Å². The van der Waals surface area contributed by atoms with Crippen molar-refractivity contribution in [1.82, 2.24) is 15.6 Å². The van der Waals surface area contributed by atoms with Crippen molar-refractivity contribution in [2.75, 3.05) is 0 Å². The molecule has 1 heterocycles. The Balaban J connectivity index is 1.74. The second kappa shape index (κ2) is 9.48. The number of carbonyl (C=O) groups is 1. The van der Waals surface area contributed by atoms with Crippen LogP contribution in [0.25, 0.3) is 22.4 Å². The van der Waals surface area contributed by atoms with Crippen LogP contribution in [0.2, 0.25) is 0 Å². The first-order valence-electron chi connectivity index (χ1n) is 9.86. The minimum Gasteiger partial charge on any atom is -0.267 e. The summed E-state index contributed by atoms with van der Waals surface area (Å²) in [5.74, 6) is -0.739. The summed E-state index contributed by atoms with van der Waals surface area (Å²) in [4.78, 5) is 36.1. The Morgan fingerprint density at radius 2 is 1.64 bits per heavy atom. The zero-order valence-electron chi connectivity index (χ0n) is 17.1. The fourth-order valence-electron chi connectivity index (χ4n) is 3.30. The summed E-state index contributed by atoms with van der Waals surface area (Å²) in [5.41, 5.74) is 4.01. The average molecular weight is 439 g/mol. The number of carbonyl (C=O) groups excluding carboxylic acids is 1. The molecule has 0 fully saturated rings. The number of nitrogens with zero attached hydrogens (tertiary/aromatic N) is 3. The van der Waals surface area contributed by atoms with Gasteiger partial charge in [0.25, 0.3) is 17.2 Å². The molecule has 0 aliphatic heterocycles. The lowest BCUT2D eigenvalue weighted by atomic mass is 9.95. The topological polar surface area (TPSA) is 130 Å². The third-order valence-corrected chi connectivity index (χ3v) is 4.78. The maximum atomic E-state index is 13.0. The van der Waals surface area contributed by atoms with Crippen molar-refractivity contribution in [3.8, 4) is 22.4 Å². The summed E-state index contributed by atoms with van der Waals surface area (Å²) in [5, 5.41) is 21.4. The second-order valence-electron chi connectivity index (χ2n) is 6.93. The van der Waals surface area contributed by atoms with E-state index in [0.29, 0.717) is 22.4 Å². The molecular formula is C24H17N5O4. The van der Waals surface area contributed by atoms with Gasteiger partial charge in [0.2, 0.25) is 0 Å². The van der Waals surface area contributed by atoms with E-state index in [1.807, 2.05) is 36.4 Å². The van der Waals surface area contributed by atoms with Gasteiger partial charge >= 0.3 is 0 Å².